The number of benzene rings is 6. The van der Waals surface area contributed by atoms with Crippen molar-refractivity contribution in [2.75, 3.05) is 0 Å². The number of hydrogen-bond acceptors (Lipinski definition) is 6. The molecule has 0 spiro atoms. The van der Waals surface area contributed by atoms with Crippen LogP contribution in [0.4, 0.5) is 0 Å². The molecular weight excluding hydrogens is 785 g/mol. The van der Waals surface area contributed by atoms with Crippen molar-refractivity contribution in [3.05, 3.63) is 193 Å². The second-order valence-corrected chi connectivity index (χ2v) is 16.8. The minimum absolute atomic E-state index is 0.599. The average molecular weight is 825 g/mol. The first kappa shape index (κ1) is 36.5. The van der Waals surface area contributed by atoms with Gasteiger partial charge in [-0.05, 0) is 90.6 Å². The maximum Gasteiger partial charge on any atom is 0.238 e. The largest absolute Gasteiger partial charge is 0.278 e. The summed E-state index contributed by atoms with van der Waals surface area (Å²) in [6.07, 6.45) is 18.7. The maximum absolute atomic E-state index is 5.28. The third-order valence-corrected chi connectivity index (χ3v) is 13.0. The van der Waals surface area contributed by atoms with Gasteiger partial charge in [-0.15, -0.1) is 0 Å². The Morgan fingerprint density at radius 3 is 1.81 bits per heavy atom. The second kappa shape index (κ2) is 14.8. The summed E-state index contributed by atoms with van der Waals surface area (Å²) in [5.41, 5.74) is 13.4. The lowest BCUT2D eigenvalue weighted by Gasteiger charge is -2.22. The van der Waals surface area contributed by atoms with E-state index in [-0.39, 0.29) is 0 Å². The van der Waals surface area contributed by atoms with Crippen LogP contribution in [0.2, 0.25) is 0 Å². The standard InChI is InChI=1S/C56H40N8/c1-5-17-35(18-6-1)51-57-52(36-19-7-2-8-20-36)60-55(59-51)63-47-27-15-14-26-42(47)46-33-39-29-30-43-40(45(39)34-49(46)63)31-32-44-41-25-13-16-28-48(41)64(50(43)44)56-61-53(37-21-9-3-10-22-37)58-54(62-56)38-23-11-4-12-24-38/h1,3-5,7,9-17,19-28,31-34H,2,6,8,18,29-30H2. The lowest BCUT2D eigenvalue weighted by Crippen LogP contribution is -2.11. The first-order valence-corrected chi connectivity index (χ1v) is 22.2. The van der Waals surface area contributed by atoms with Crippen LogP contribution in [0, 0.1) is 0 Å². The summed E-state index contributed by atoms with van der Waals surface area (Å²) in [5.74, 6) is 3.95. The van der Waals surface area contributed by atoms with Crippen molar-refractivity contribution >= 4 is 54.8 Å². The van der Waals surface area contributed by atoms with Gasteiger partial charge in [-0.3, -0.25) is 9.13 Å². The normalized spacial score (nSPS) is 14.6. The molecule has 4 heterocycles. The van der Waals surface area contributed by atoms with Crippen LogP contribution < -0.4 is 0 Å². The van der Waals surface area contributed by atoms with Gasteiger partial charge in [0.25, 0.3) is 0 Å². The summed E-state index contributed by atoms with van der Waals surface area (Å²) in [4.78, 5) is 31.2. The zero-order chi connectivity index (χ0) is 42.1. The molecule has 10 aromatic rings. The number of aromatic nitrogens is 8. The first-order chi connectivity index (χ1) is 31.7. The highest BCUT2D eigenvalue weighted by atomic mass is 15.2. The Morgan fingerprint density at radius 1 is 0.438 bits per heavy atom. The number of nitrogens with zero attached hydrogens (tertiary/aromatic N) is 8. The molecule has 0 saturated heterocycles. The van der Waals surface area contributed by atoms with Crippen molar-refractivity contribution in [3.63, 3.8) is 0 Å². The highest BCUT2D eigenvalue weighted by molar-refractivity contribution is 6.14. The van der Waals surface area contributed by atoms with Crippen molar-refractivity contribution in [3.8, 4) is 45.8 Å². The number of aryl methyl sites for hydroxylation is 2. The summed E-state index contributed by atoms with van der Waals surface area (Å²) in [7, 11) is 0. The van der Waals surface area contributed by atoms with Crippen LogP contribution in [-0.4, -0.2) is 39.0 Å². The smallest absolute Gasteiger partial charge is 0.238 e. The Labute approximate surface area is 369 Å². The van der Waals surface area contributed by atoms with Crippen LogP contribution >= 0.6 is 0 Å². The van der Waals surface area contributed by atoms with Gasteiger partial charge in [0, 0.05) is 38.2 Å². The van der Waals surface area contributed by atoms with Gasteiger partial charge in [0.1, 0.15) is 0 Å². The molecule has 4 aromatic heterocycles. The molecule has 0 radical (unpaired) electrons. The molecule has 0 fully saturated rings. The van der Waals surface area contributed by atoms with Gasteiger partial charge in [-0.2, -0.15) is 19.9 Å². The van der Waals surface area contributed by atoms with Crippen LogP contribution in [0.5, 0.6) is 0 Å². The highest BCUT2D eigenvalue weighted by Gasteiger charge is 2.27. The van der Waals surface area contributed by atoms with Crippen molar-refractivity contribution in [1.29, 1.82) is 0 Å². The SMILES string of the molecule is C1=CCCC(c2nc(C3=CCCC=C3)nc(-n3c4ccccc4c4cc5c(cc43)-c3ccc4c6ccccc6n(-c6nc(-c7ccccc7)nc(-c7ccccc7)n6)c4c3CC5)n2)=C1. The van der Waals surface area contributed by atoms with E-state index in [0.717, 1.165) is 94.1 Å². The van der Waals surface area contributed by atoms with Gasteiger partial charge >= 0.3 is 0 Å². The van der Waals surface area contributed by atoms with E-state index in [2.05, 4.69) is 143 Å². The molecule has 304 valence electrons. The van der Waals surface area contributed by atoms with E-state index in [1.165, 1.54) is 38.4 Å². The third-order valence-electron chi connectivity index (χ3n) is 13.0. The predicted octanol–water partition coefficient (Wildman–Crippen LogP) is 12.8. The zero-order valence-electron chi connectivity index (χ0n) is 35.0. The Balaban J connectivity index is 1.06. The van der Waals surface area contributed by atoms with E-state index in [4.69, 9.17) is 29.9 Å². The molecule has 8 heteroatoms. The molecule has 3 aliphatic rings. The van der Waals surface area contributed by atoms with Gasteiger partial charge in [0.05, 0.1) is 22.1 Å². The Kier molecular flexibility index (Phi) is 8.44. The van der Waals surface area contributed by atoms with Gasteiger partial charge in [-0.1, -0.05) is 146 Å². The summed E-state index contributed by atoms with van der Waals surface area (Å²) < 4.78 is 4.54. The Morgan fingerprint density at radius 2 is 1.09 bits per heavy atom. The number of hydrogen-bond donors (Lipinski definition) is 0. The topological polar surface area (TPSA) is 87.2 Å². The van der Waals surface area contributed by atoms with E-state index in [0.29, 0.717) is 29.4 Å². The Hall–Kier alpha value is -8.10. The minimum atomic E-state index is 0.599. The molecular formula is C56H40N8. The van der Waals surface area contributed by atoms with Crippen molar-refractivity contribution in [2.45, 2.75) is 38.5 Å². The third kappa shape index (κ3) is 5.90. The molecule has 0 saturated carbocycles. The van der Waals surface area contributed by atoms with E-state index in [1.807, 2.05) is 36.4 Å². The first-order valence-electron chi connectivity index (χ1n) is 22.2. The molecule has 64 heavy (non-hydrogen) atoms. The van der Waals surface area contributed by atoms with Crippen molar-refractivity contribution in [2.24, 2.45) is 0 Å². The van der Waals surface area contributed by atoms with E-state index in [1.54, 1.807) is 0 Å². The quantitative estimate of drug-likeness (QED) is 0.166. The van der Waals surface area contributed by atoms with Crippen LogP contribution in [0.1, 0.15) is 48.5 Å². The number of rotatable bonds is 6. The lowest BCUT2D eigenvalue weighted by atomic mass is 9.83. The lowest BCUT2D eigenvalue weighted by molar-refractivity contribution is 0.891. The van der Waals surface area contributed by atoms with Gasteiger partial charge in [-0.25, -0.2) is 9.97 Å². The maximum atomic E-state index is 5.28. The highest BCUT2D eigenvalue weighted by Crippen LogP contribution is 2.45. The Bertz CT molecular complexity index is 3610. The van der Waals surface area contributed by atoms with Gasteiger partial charge in [0.2, 0.25) is 11.9 Å². The fourth-order valence-electron chi connectivity index (χ4n) is 10.0. The molecule has 0 aliphatic heterocycles. The monoisotopic (exact) mass is 824 g/mol. The molecule has 13 rings (SSSR count). The van der Waals surface area contributed by atoms with E-state index < -0.39 is 0 Å². The average Bonchev–Trinajstić information content (AvgIpc) is 3.89. The molecule has 0 atom stereocenters. The van der Waals surface area contributed by atoms with E-state index in [9.17, 15) is 0 Å². The van der Waals surface area contributed by atoms with Crippen molar-refractivity contribution < 1.29 is 0 Å². The minimum Gasteiger partial charge on any atom is -0.278 e. The molecule has 0 unspecified atom stereocenters. The summed E-state index contributed by atoms with van der Waals surface area (Å²) in [5, 5.41) is 4.72. The van der Waals surface area contributed by atoms with Crippen LogP contribution in [0.15, 0.2) is 170 Å². The van der Waals surface area contributed by atoms with Gasteiger partial charge < -0.3 is 0 Å². The summed E-state index contributed by atoms with van der Waals surface area (Å²) >= 11 is 0. The molecule has 0 amide bonds. The van der Waals surface area contributed by atoms with Crippen LogP contribution in [0.3, 0.4) is 0 Å². The fourth-order valence-corrected chi connectivity index (χ4v) is 10.0. The zero-order valence-corrected chi connectivity index (χ0v) is 35.0. The van der Waals surface area contributed by atoms with Gasteiger partial charge in [0.15, 0.2) is 23.3 Å². The molecule has 0 bridgehead atoms. The summed E-state index contributed by atoms with van der Waals surface area (Å²) in [6.45, 7) is 0. The molecule has 0 N–H and O–H groups in total. The molecule has 8 nitrogen and oxygen atoms in total. The second-order valence-electron chi connectivity index (χ2n) is 16.8. The van der Waals surface area contributed by atoms with Crippen molar-refractivity contribution in [1.82, 2.24) is 39.0 Å². The van der Waals surface area contributed by atoms with Crippen LogP contribution in [-0.2, 0) is 12.8 Å². The molecule has 6 aromatic carbocycles. The predicted molar refractivity (Wildman–Crippen MR) is 258 cm³/mol. The number of fused-ring (bicyclic) bond motifs is 10. The molecule has 3 aliphatic carbocycles. The number of allylic oxidation sites excluding steroid dienone is 8. The van der Waals surface area contributed by atoms with E-state index >= 15 is 0 Å². The fraction of sp³-hybridized carbons (Fsp3) is 0.107. The summed E-state index contributed by atoms with van der Waals surface area (Å²) in [6, 6.07) is 47.1. The number of para-hydroxylation sites is 2. The van der Waals surface area contributed by atoms with Crippen LogP contribution in [0.25, 0.3) is 101 Å².